The van der Waals surface area contributed by atoms with Crippen molar-refractivity contribution in [3.05, 3.63) is 35.9 Å². The number of rotatable bonds is 6. The van der Waals surface area contributed by atoms with Crippen molar-refractivity contribution in [2.24, 2.45) is 0 Å². The van der Waals surface area contributed by atoms with E-state index in [0.717, 1.165) is 0 Å². The van der Waals surface area contributed by atoms with E-state index in [2.05, 4.69) is 6.58 Å². The summed E-state index contributed by atoms with van der Waals surface area (Å²) in [5.41, 5.74) is 5.91. The smallest absolute Gasteiger partial charge is 0.245 e. The molecule has 100 valence electrons. The van der Waals surface area contributed by atoms with Crippen LogP contribution in [0.4, 0.5) is 5.69 Å². The molecule has 1 aromatic rings. The molecule has 0 atom stereocenters. The molecule has 0 fully saturated rings. The maximum Gasteiger partial charge on any atom is 0.245 e. The van der Waals surface area contributed by atoms with Crippen LogP contribution in [0.3, 0.4) is 0 Å². The number of hydrogen-bond donors (Lipinski definition) is 1. The first-order chi connectivity index (χ1) is 8.43. The predicted octanol–water partition coefficient (Wildman–Crippen LogP) is 2.51. The van der Waals surface area contributed by atoms with Crippen LogP contribution < -0.4 is 5.73 Å². The van der Waals surface area contributed by atoms with Crippen LogP contribution >= 0.6 is 11.6 Å². The van der Waals surface area contributed by atoms with E-state index < -0.39 is 10.0 Å². The topological polar surface area (TPSA) is 63.4 Å². The zero-order valence-electron chi connectivity index (χ0n) is 10.3. The van der Waals surface area contributed by atoms with Gasteiger partial charge in [0.2, 0.25) is 10.0 Å². The van der Waals surface area contributed by atoms with Gasteiger partial charge in [-0.15, -0.1) is 6.58 Å². The summed E-state index contributed by atoms with van der Waals surface area (Å²) >= 11 is 5.82. The van der Waals surface area contributed by atoms with Crippen LogP contribution in [0.2, 0.25) is 5.02 Å². The molecule has 1 aromatic carbocycles. The molecule has 0 amide bonds. The Hall–Kier alpha value is -1.04. The van der Waals surface area contributed by atoms with Crippen molar-refractivity contribution in [3.8, 4) is 0 Å². The van der Waals surface area contributed by atoms with Gasteiger partial charge in [0.1, 0.15) is 4.90 Å². The van der Waals surface area contributed by atoms with Crippen molar-refractivity contribution in [1.29, 1.82) is 0 Å². The van der Waals surface area contributed by atoms with Crippen LogP contribution in [-0.2, 0) is 10.0 Å². The molecule has 0 bridgehead atoms. The van der Waals surface area contributed by atoms with E-state index in [1.807, 2.05) is 6.92 Å². The number of sulfonamides is 1. The molecule has 0 aliphatic rings. The van der Waals surface area contributed by atoms with Crippen molar-refractivity contribution >= 4 is 27.3 Å². The lowest BCUT2D eigenvalue weighted by Gasteiger charge is -2.21. The number of benzene rings is 1. The lowest BCUT2D eigenvalue weighted by Crippen LogP contribution is -2.32. The maximum atomic E-state index is 12.4. The summed E-state index contributed by atoms with van der Waals surface area (Å²) in [7, 11) is -3.63. The van der Waals surface area contributed by atoms with Crippen molar-refractivity contribution in [2.75, 3.05) is 18.8 Å². The highest BCUT2D eigenvalue weighted by Crippen LogP contribution is 2.25. The molecule has 18 heavy (non-hydrogen) atoms. The number of hydrogen-bond acceptors (Lipinski definition) is 3. The van der Waals surface area contributed by atoms with Crippen LogP contribution in [0.15, 0.2) is 35.7 Å². The molecule has 0 aromatic heterocycles. The van der Waals surface area contributed by atoms with Crippen molar-refractivity contribution in [1.82, 2.24) is 4.31 Å². The molecule has 0 aliphatic heterocycles. The molecule has 4 nitrogen and oxygen atoms in total. The molecule has 2 N–H and O–H groups in total. The van der Waals surface area contributed by atoms with Gasteiger partial charge in [-0.25, -0.2) is 8.42 Å². The van der Waals surface area contributed by atoms with Gasteiger partial charge in [-0.05, 0) is 24.6 Å². The van der Waals surface area contributed by atoms with Gasteiger partial charge >= 0.3 is 0 Å². The number of anilines is 1. The second kappa shape index (κ2) is 6.22. The zero-order chi connectivity index (χ0) is 13.8. The third-order valence-corrected chi connectivity index (χ3v) is 4.56. The minimum absolute atomic E-state index is 0.0466. The van der Waals surface area contributed by atoms with Gasteiger partial charge in [0.15, 0.2) is 0 Å². The van der Waals surface area contributed by atoms with Crippen LogP contribution in [0, 0.1) is 0 Å². The van der Waals surface area contributed by atoms with E-state index in [4.69, 9.17) is 17.3 Å². The SMILES string of the molecule is C=CCN(CCC)S(=O)(=O)c1cc(Cl)ccc1N. The first-order valence-electron chi connectivity index (χ1n) is 5.59. The highest BCUT2D eigenvalue weighted by Gasteiger charge is 2.25. The molecule has 0 spiro atoms. The molecule has 0 unspecified atom stereocenters. The second-order valence-electron chi connectivity index (χ2n) is 3.83. The second-order valence-corrected chi connectivity index (χ2v) is 6.18. The van der Waals surface area contributed by atoms with Gasteiger partial charge in [-0.2, -0.15) is 4.31 Å². The van der Waals surface area contributed by atoms with Crippen LogP contribution in [0.5, 0.6) is 0 Å². The van der Waals surface area contributed by atoms with Gasteiger partial charge in [-0.1, -0.05) is 24.6 Å². The molecule has 0 saturated carbocycles. The molecule has 0 heterocycles. The van der Waals surface area contributed by atoms with Gasteiger partial charge < -0.3 is 5.73 Å². The van der Waals surface area contributed by atoms with Crippen LogP contribution in [0.1, 0.15) is 13.3 Å². The van der Waals surface area contributed by atoms with E-state index in [1.54, 1.807) is 12.1 Å². The van der Waals surface area contributed by atoms with E-state index in [0.29, 0.717) is 18.0 Å². The summed E-state index contributed by atoms with van der Waals surface area (Å²) in [6, 6.07) is 4.43. The van der Waals surface area contributed by atoms with Crippen LogP contribution in [-0.4, -0.2) is 25.8 Å². The highest BCUT2D eigenvalue weighted by atomic mass is 35.5. The Morgan fingerprint density at radius 1 is 1.50 bits per heavy atom. The predicted molar refractivity (Wildman–Crippen MR) is 75.1 cm³/mol. The summed E-state index contributed by atoms with van der Waals surface area (Å²) in [6.45, 7) is 6.15. The lowest BCUT2D eigenvalue weighted by molar-refractivity contribution is 0.442. The summed E-state index contributed by atoms with van der Waals surface area (Å²) in [4.78, 5) is 0.0466. The van der Waals surface area contributed by atoms with E-state index in [1.165, 1.54) is 16.4 Å². The summed E-state index contributed by atoms with van der Waals surface area (Å²) in [5.74, 6) is 0. The average molecular weight is 289 g/mol. The van der Waals surface area contributed by atoms with Gasteiger partial charge in [-0.3, -0.25) is 0 Å². The molecule has 0 aliphatic carbocycles. The Labute approximate surface area is 113 Å². The fourth-order valence-corrected chi connectivity index (χ4v) is 3.46. The van der Waals surface area contributed by atoms with Crippen LogP contribution in [0.25, 0.3) is 0 Å². The number of halogens is 1. The highest BCUT2D eigenvalue weighted by molar-refractivity contribution is 7.89. The van der Waals surface area contributed by atoms with Crippen molar-refractivity contribution in [2.45, 2.75) is 18.2 Å². The summed E-state index contributed by atoms with van der Waals surface area (Å²) < 4.78 is 26.2. The number of nitrogens with zero attached hydrogens (tertiary/aromatic N) is 1. The Bertz CT molecular complexity index is 529. The monoisotopic (exact) mass is 288 g/mol. The van der Waals surface area contributed by atoms with E-state index >= 15 is 0 Å². The van der Waals surface area contributed by atoms with Crippen molar-refractivity contribution in [3.63, 3.8) is 0 Å². The maximum absolute atomic E-state index is 12.4. The Kier molecular flexibility index (Phi) is 5.19. The lowest BCUT2D eigenvalue weighted by atomic mass is 10.3. The minimum Gasteiger partial charge on any atom is -0.398 e. The first kappa shape index (κ1) is 15.0. The van der Waals surface area contributed by atoms with E-state index in [9.17, 15) is 8.42 Å². The standard InChI is InChI=1S/C12H17ClN2O2S/c1-3-7-15(8-4-2)18(16,17)12-9-10(13)5-6-11(12)14/h3,5-6,9H,1,4,7-8,14H2,2H3. The fraction of sp³-hybridized carbons (Fsp3) is 0.333. The number of nitrogens with two attached hydrogens (primary N) is 1. The van der Waals surface area contributed by atoms with Gasteiger partial charge in [0.05, 0.1) is 5.69 Å². The molecule has 0 radical (unpaired) electrons. The molecule has 0 saturated heterocycles. The van der Waals surface area contributed by atoms with Crippen molar-refractivity contribution < 1.29 is 8.42 Å². The first-order valence-corrected chi connectivity index (χ1v) is 7.41. The molecular weight excluding hydrogens is 272 g/mol. The largest absolute Gasteiger partial charge is 0.398 e. The Balaban J connectivity index is 3.25. The Morgan fingerprint density at radius 2 is 2.17 bits per heavy atom. The van der Waals surface area contributed by atoms with Gasteiger partial charge in [0, 0.05) is 18.1 Å². The number of nitrogen functional groups attached to an aromatic ring is 1. The normalized spacial score (nSPS) is 11.7. The third-order valence-electron chi connectivity index (χ3n) is 2.40. The van der Waals surface area contributed by atoms with Gasteiger partial charge in [0.25, 0.3) is 0 Å². The summed E-state index contributed by atoms with van der Waals surface area (Å²) in [5, 5.41) is 0.345. The Morgan fingerprint density at radius 3 is 2.72 bits per heavy atom. The third kappa shape index (κ3) is 3.25. The molecule has 1 rings (SSSR count). The quantitative estimate of drug-likeness (QED) is 0.646. The molecule has 6 heteroatoms. The van der Waals surface area contributed by atoms with E-state index in [-0.39, 0.29) is 17.1 Å². The average Bonchev–Trinajstić information content (AvgIpc) is 2.32. The summed E-state index contributed by atoms with van der Waals surface area (Å²) in [6.07, 6.45) is 2.27. The molecular formula is C12H17ClN2O2S. The fourth-order valence-electron chi connectivity index (χ4n) is 1.57. The minimum atomic E-state index is -3.63. The zero-order valence-corrected chi connectivity index (χ0v) is 11.8.